The van der Waals surface area contributed by atoms with Crippen molar-refractivity contribution >= 4 is 44.4 Å². The van der Waals surface area contributed by atoms with E-state index in [1.54, 1.807) is 6.08 Å². The fourth-order valence-electron chi connectivity index (χ4n) is 2.27. The molecule has 0 aliphatic heterocycles. The number of benzene rings is 2. The molecule has 0 fully saturated rings. The maximum atomic E-state index is 12.4. The van der Waals surface area contributed by atoms with E-state index in [9.17, 15) is 10.1 Å². The van der Waals surface area contributed by atoms with Gasteiger partial charge in [-0.2, -0.15) is 5.26 Å². The molecule has 0 atom stereocenters. The lowest BCUT2D eigenvalue weighted by molar-refractivity contribution is -0.112. The number of nitrogens with zero attached hydrogens (tertiary/aromatic N) is 3. The molecule has 1 aromatic heterocycles. The molecule has 1 heterocycles. The van der Waals surface area contributed by atoms with Crippen molar-refractivity contribution in [3.63, 3.8) is 0 Å². The molecule has 0 aliphatic carbocycles. The topological polar surface area (TPSA) is 69.0 Å². The summed E-state index contributed by atoms with van der Waals surface area (Å²) < 4.78 is 0.986. The van der Waals surface area contributed by atoms with Gasteiger partial charge in [-0.3, -0.25) is 10.1 Å². The highest BCUT2D eigenvalue weighted by Crippen LogP contribution is 2.25. The number of para-hydroxylation sites is 1. The molecule has 0 radical (unpaired) electrons. The number of amides is 1. The minimum Gasteiger partial charge on any atom is -0.378 e. The molecule has 124 valence electrons. The van der Waals surface area contributed by atoms with Crippen molar-refractivity contribution in [2.75, 3.05) is 24.3 Å². The van der Waals surface area contributed by atoms with Crippen molar-refractivity contribution in [1.29, 1.82) is 5.26 Å². The summed E-state index contributed by atoms with van der Waals surface area (Å²) in [5.74, 6) is -0.460. The second-order valence-corrected chi connectivity index (χ2v) is 6.63. The van der Waals surface area contributed by atoms with Gasteiger partial charge in [0.15, 0.2) is 5.13 Å². The van der Waals surface area contributed by atoms with Gasteiger partial charge in [0, 0.05) is 19.8 Å². The van der Waals surface area contributed by atoms with Gasteiger partial charge in [-0.25, -0.2) is 4.98 Å². The molecule has 0 unspecified atom stereocenters. The highest BCUT2D eigenvalue weighted by Gasteiger charge is 2.12. The molecule has 1 N–H and O–H groups in total. The number of anilines is 2. The van der Waals surface area contributed by atoms with Crippen LogP contribution < -0.4 is 10.2 Å². The third kappa shape index (κ3) is 3.84. The first kappa shape index (κ1) is 16.7. The first-order valence-corrected chi connectivity index (χ1v) is 8.44. The molecule has 0 spiro atoms. The van der Waals surface area contributed by atoms with Gasteiger partial charge in [0.2, 0.25) is 0 Å². The van der Waals surface area contributed by atoms with Crippen molar-refractivity contribution in [1.82, 2.24) is 4.98 Å². The fraction of sp³-hybridized carbons (Fsp3) is 0.105. The number of hydrogen-bond donors (Lipinski definition) is 1. The molecule has 3 rings (SSSR count). The zero-order chi connectivity index (χ0) is 17.8. The zero-order valence-electron chi connectivity index (χ0n) is 13.9. The smallest absolute Gasteiger partial charge is 0.268 e. The van der Waals surface area contributed by atoms with Gasteiger partial charge in [0.1, 0.15) is 11.6 Å². The second kappa shape index (κ2) is 7.16. The Morgan fingerprint density at radius 1 is 1.20 bits per heavy atom. The van der Waals surface area contributed by atoms with Crippen LogP contribution in [-0.4, -0.2) is 25.0 Å². The van der Waals surface area contributed by atoms with Crippen molar-refractivity contribution in [3.05, 3.63) is 59.7 Å². The van der Waals surface area contributed by atoms with Gasteiger partial charge in [-0.05, 0) is 35.9 Å². The first-order valence-electron chi connectivity index (χ1n) is 7.63. The molecule has 1 amide bonds. The average Bonchev–Trinajstić information content (AvgIpc) is 3.02. The zero-order valence-corrected chi connectivity index (χ0v) is 14.7. The number of nitrogens with one attached hydrogen (secondary N) is 1. The van der Waals surface area contributed by atoms with E-state index in [0.717, 1.165) is 21.5 Å². The van der Waals surface area contributed by atoms with Crippen LogP contribution in [0.2, 0.25) is 0 Å². The SMILES string of the molecule is CN(C)c1ccc(/C=C(\C#N)C(=O)Nc2nc3ccccc3s2)cc1. The Bertz CT molecular complexity index is 948. The van der Waals surface area contributed by atoms with Crippen molar-refractivity contribution in [2.24, 2.45) is 0 Å². The predicted octanol–water partition coefficient (Wildman–Crippen LogP) is 3.91. The number of carbonyl (C=O) groups is 1. The van der Waals surface area contributed by atoms with Gasteiger partial charge in [0.05, 0.1) is 10.2 Å². The molecule has 5 nitrogen and oxygen atoms in total. The van der Waals surface area contributed by atoms with Gasteiger partial charge < -0.3 is 4.90 Å². The Labute approximate surface area is 149 Å². The van der Waals surface area contributed by atoms with E-state index in [0.29, 0.717) is 5.13 Å². The summed E-state index contributed by atoms with van der Waals surface area (Å²) in [6.07, 6.45) is 1.57. The van der Waals surface area contributed by atoms with E-state index >= 15 is 0 Å². The Balaban J connectivity index is 1.79. The van der Waals surface area contributed by atoms with Crippen LogP contribution in [0.3, 0.4) is 0 Å². The van der Waals surface area contributed by atoms with Crippen LogP contribution in [0, 0.1) is 11.3 Å². The molecular formula is C19H16N4OS. The van der Waals surface area contributed by atoms with Crippen LogP contribution in [-0.2, 0) is 4.79 Å². The summed E-state index contributed by atoms with van der Waals surface area (Å²) in [4.78, 5) is 18.7. The van der Waals surface area contributed by atoms with Crippen LogP contribution >= 0.6 is 11.3 Å². The number of fused-ring (bicyclic) bond motifs is 1. The normalized spacial score (nSPS) is 11.2. The summed E-state index contributed by atoms with van der Waals surface area (Å²) in [6.45, 7) is 0. The summed E-state index contributed by atoms with van der Waals surface area (Å²) in [5.41, 5.74) is 2.71. The standard InChI is InChI=1S/C19H16N4OS/c1-23(2)15-9-7-13(8-10-15)11-14(12-20)18(24)22-19-21-16-5-3-4-6-17(16)25-19/h3-11H,1-2H3,(H,21,22,24)/b14-11+. The number of aromatic nitrogens is 1. The summed E-state index contributed by atoms with van der Waals surface area (Å²) in [7, 11) is 3.91. The van der Waals surface area contributed by atoms with Crippen molar-refractivity contribution < 1.29 is 4.79 Å². The lowest BCUT2D eigenvalue weighted by Crippen LogP contribution is -2.13. The number of carbonyl (C=O) groups excluding carboxylic acids is 1. The minimum atomic E-state index is -0.460. The largest absolute Gasteiger partial charge is 0.378 e. The molecule has 6 heteroatoms. The highest BCUT2D eigenvalue weighted by atomic mass is 32.1. The molecule has 2 aromatic carbocycles. The average molecular weight is 348 g/mol. The lowest BCUT2D eigenvalue weighted by Gasteiger charge is -2.11. The van der Waals surface area contributed by atoms with E-state index in [-0.39, 0.29) is 5.57 Å². The monoisotopic (exact) mass is 348 g/mol. The van der Waals surface area contributed by atoms with Crippen LogP contribution in [0.1, 0.15) is 5.56 Å². The van der Waals surface area contributed by atoms with E-state index in [1.807, 2.05) is 73.6 Å². The van der Waals surface area contributed by atoms with E-state index in [4.69, 9.17) is 0 Å². The Morgan fingerprint density at radius 2 is 1.92 bits per heavy atom. The van der Waals surface area contributed by atoms with Gasteiger partial charge in [-0.1, -0.05) is 35.6 Å². The number of hydrogen-bond acceptors (Lipinski definition) is 5. The Morgan fingerprint density at radius 3 is 2.56 bits per heavy atom. The molecule has 25 heavy (non-hydrogen) atoms. The third-order valence-corrected chi connectivity index (χ3v) is 4.55. The second-order valence-electron chi connectivity index (χ2n) is 5.60. The molecular weight excluding hydrogens is 332 g/mol. The Hall–Kier alpha value is -3.17. The number of thiazole rings is 1. The summed E-state index contributed by atoms with van der Waals surface area (Å²) >= 11 is 1.38. The lowest BCUT2D eigenvalue weighted by atomic mass is 10.1. The predicted molar refractivity (Wildman–Crippen MR) is 103 cm³/mol. The molecule has 0 saturated heterocycles. The number of nitriles is 1. The number of rotatable bonds is 4. The van der Waals surface area contributed by atoms with E-state index in [2.05, 4.69) is 10.3 Å². The minimum absolute atomic E-state index is 0.0388. The first-order chi connectivity index (χ1) is 12.1. The maximum Gasteiger partial charge on any atom is 0.268 e. The highest BCUT2D eigenvalue weighted by molar-refractivity contribution is 7.22. The van der Waals surface area contributed by atoms with Crippen LogP contribution in [0.25, 0.3) is 16.3 Å². The molecule has 0 aliphatic rings. The van der Waals surface area contributed by atoms with E-state index in [1.165, 1.54) is 11.3 Å². The van der Waals surface area contributed by atoms with Gasteiger partial charge in [0.25, 0.3) is 5.91 Å². The quantitative estimate of drug-likeness (QED) is 0.573. The molecule has 0 saturated carbocycles. The third-order valence-electron chi connectivity index (χ3n) is 3.60. The molecule has 3 aromatic rings. The van der Waals surface area contributed by atoms with Crippen LogP contribution in [0.4, 0.5) is 10.8 Å². The van der Waals surface area contributed by atoms with E-state index < -0.39 is 5.91 Å². The van der Waals surface area contributed by atoms with Crippen molar-refractivity contribution in [2.45, 2.75) is 0 Å². The molecule has 0 bridgehead atoms. The summed E-state index contributed by atoms with van der Waals surface area (Å²) in [5, 5.41) is 12.5. The van der Waals surface area contributed by atoms with Gasteiger partial charge >= 0.3 is 0 Å². The fourth-order valence-corrected chi connectivity index (χ4v) is 3.13. The Kier molecular flexibility index (Phi) is 4.78. The van der Waals surface area contributed by atoms with Crippen LogP contribution in [0.5, 0.6) is 0 Å². The van der Waals surface area contributed by atoms with Gasteiger partial charge in [-0.15, -0.1) is 0 Å². The summed E-state index contributed by atoms with van der Waals surface area (Å²) in [6, 6.07) is 17.2. The van der Waals surface area contributed by atoms with Crippen LogP contribution in [0.15, 0.2) is 54.1 Å². The maximum absolute atomic E-state index is 12.4. The van der Waals surface area contributed by atoms with Crippen molar-refractivity contribution in [3.8, 4) is 6.07 Å².